The van der Waals surface area contributed by atoms with Crippen LogP contribution in [0.4, 0.5) is 0 Å². The highest BCUT2D eigenvalue weighted by atomic mass is 16.2. The van der Waals surface area contributed by atoms with Gasteiger partial charge in [-0.05, 0) is 56.6 Å². The molecular formula is C20H30N2O2. The van der Waals surface area contributed by atoms with Crippen molar-refractivity contribution in [2.75, 3.05) is 0 Å². The summed E-state index contributed by atoms with van der Waals surface area (Å²) in [4.78, 5) is 25.0. The fourth-order valence-corrected chi connectivity index (χ4v) is 3.16. The van der Waals surface area contributed by atoms with Gasteiger partial charge in [0, 0.05) is 11.6 Å². The van der Waals surface area contributed by atoms with Gasteiger partial charge in [-0.3, -0.25) is 9.59 Å². The minimum atomic E-state index is -0.502. The van der Waals surface area contributed by atoms with Crippen LogP contribution in [0.25, 0.3) is 0 Å². The minimum Gasteiger partial charge on any atom is -0.352 e. The van der Waals surface area contributed by atoms with Crippen molar-refractivity contribution in [3.63, 3.8) is 0 Å². The molecule has 0 aliphatic heterocycles. The highest BCUT2D eigenvalue weighted by Crippen LogP contribution is 2.23. The van der Waals surface area contributed by atoms with E-state index in [2.05, 4.69) is 17.6 Å². The van der Waals surface area contributed by atoms with Crippen molar-refractivity contribution in [2.45, 2.75) is 65.5 Å². The second kappa shape index (κ2) is 8.32. The average molecular weight is 330 g/mol. The van der Waals surface area contributed by atoms with E-state index in [1.165, 1.54) is 0 Å². The van der Waals surface area contributed by atoms with E-state index in [-0.39, 0.29) is 23.8 Å². The molecule has 0 heterocycles. The van der Waals surface area contributed by atoms with Crippen molar-refractivity contribution in [3.8, 4) is 0 Å². The smallest absolute Gasteiger partial charge is 0.251 e. The van der Waals surface area contributed by atoms with E-state index in [4.69, 9.17) is 0 Å². The molecule has 2 amide bonds. The standard InChI is InChI=1S/C20H30N2O2/c1-13(2)18(20(24)21-17-11-7-15(4)8-12-17)22-19(23)16-9-5-14(3)6-10-16/h5-6,9-10,13,15,17-18H,7-8,11-12H2,1-4H3,(H,21,24)(H,22,23). The largest absolute Gasteiger partial charge is 0.352 e. The first kappa shape index (κ1) is 18.5. The molecule has 4 heteroatoms. The molecule has 132 valence electrons. The van der Waals surface area contributed by atoms with Gasteiger partial charge in [0.1, 0.15) is 6.04 Å². The summed E-state index contributed by atoms with van der Waals surface area (Å²) in [5, 5.41) is 6.03. The van der Waals surface area contributed by atoms with E-state index in [0.29, 0.717) is 5.56 Å². The number of amides is 2. The van der Waals surface area contributed by atoms with Crippen LogP contribution in [0.5, 0.6) is 0 Å². The molecule has 1 fully saturated rings. The van der Waals surface area contributed by atoms with E-state index < -0.39 is 6.04 Å². The van der Waals surface area contributed by atoms with Crippen LogP contribution in [0, 0.1) is 18.8 Å². The van der Waals surface area contributed by atoms with Crippen molar-refractivity contribution < 1.29 is 9.59 Å². The number of nitrogens with one attached hydrogen (secondary N) is 2. The molecule has 1 aliphatic carbocycles. The zero-order chi connectivity index (χ0) is 17.7. The van der Waals surface area contributed by atoms with E-state index in [1.54, 1.807) is 12.1 Å². The van der Waals surface area contributed by atoms with Crippen molar-refractivity contribution in [1.82, 2.24) is 10.6 Å². The summed E-state index contributed by atoms with van der Waals surface area (Å²) in [6, 6.07) is 7.14. The molecule has 4 nitrogen and oxygen atoms in total. The van der Waals surface area contributed by atoms with Gasteiger partial charge in [0.2, 0.25) is 5.91 Å². The zero-order valence-electron chi connectivity index (χ0n) is 15.3. The lowest BCUT2D eigenvalue weighted by Crippen LogP contribution is -2.52. The lowest BCUT2D eigenvalue weighted by molar-refractivity contribution is -0.124. The third kappa shape index (κ3) is 5.08. The van der Waals surface area contributed by atoms with Crippen LogP contribution in [0.3, 0.4) is 0 Å². The average Bonchev–Trinajstić information content (AvgIpc) is 2.54. The molecule has 0 radical (unpaired) electrons. The first-order chi connectivity index (χ1) is 11.4. The lowest BCUT2D eigenvalue weighted by atomic mass is 9.87. The number of aryl methyl sites for hydroxylation is 1. The van der Waals surface area contributed by atoms with Crippen molar-refractivity contribution >= 4 is 11.8 Å². The van der Waals surface area contributed by atoms with Crippen molar-refractivity contribution in [1.29, 1.82) is 0 Å². The Kier molecular flexibility index (Phi) is 6.41. The zero-order valence-corrected chi connectivity index (χ0v) is 15.3. The molecule has 1 atom stereocenters. The lowest BCUT2D eigenvalue weighted by Gasteiger charge is -2.29. The molecule has 1 saturated carbocycles. The Balaban J connectivity index is 1.96. The normalized spacial score (nSPS) is 22.0. The second-order valence-corrected chi connectivity index (χ2v) is 7.53. The van der Waals surface area contributed by atoms with Crippen LogP contribution in [0.1, 0.15) is 62.4 Å². The predicted molar refractivity (Wildman–Crippen MR) is 96.8 cm³/mol. The van der Waals surface area contributed by atoms with E-state index in [9.17, 15) is 9.59 Å². The van der Waals surface area contributed by atoms with Gasteiger partial charge in [0.05, 0.1) is 0 Å². The first-order valence-electron chi connectivity index (χ1n) is 9.04. The van der Waals surface area contributed by atoms with Gasteiger partial charge in [0.15, 0.2) is 0 Å². The monoisotopic (exact) mass is 330 g/mol. The van der Waals surface area contributed by atoms with Gasteiger partial charge in [-0.25, -0.2) is 0 Å². The summed E-state index contributed by atoms with van der Waals surface area (Å²) in [6.45, 7) is 8.17. The molecule has 1 aromatic rings. The molecule has 2 N–H and O–H groups in total. The third-order valence-corrected chi connectivity index (χ3v) is 4.91. The first-order valence-corrected chi connectivity index (χ1v) is 9.04. The SMILES string of the molecule is Cc1ccc(C(=O)NC(C(=O)NC2CCC(C)CC2)C(C)C)cc1. The highest BCUT2D eigenvalue weighted by molar-refractivity contribution is 5.97. The van der Waals surface area contributed by atoms with Crippen LogP contribution in [-0.2, 0) is 4.79 Å². The molecule has 0 aromatic heterocycles. The Morgan fingerprint density at radius 2 is 1.62 bits per heavy atom. The minimum absolute atomic E-state index is 0.0434. The van der Waals surface area contributed by atoms with Crippen LogP contribution in [0.15, 0.2) is 24.3 Å². The van der Waals surface area contributed by atoms with Crippen molar-refractivity contribution in [3.05, 3.63) is 35.4 Å². The fraction of sp³-hybridized carbons (Fsp3) is 0.600. The Hall–Kier alpha value is -1.84. The van der Waals surface area contributed by atoms with Gasteiger partial charge in [-0.2, -0.15) is 0 Å². The predicted octanol–water partition coefficient (Wildman–Crippen LogP) is 3.44. The van der Waals surface area contributed by atoms with Gasteiger partial charge in [-0.1, -0.05) is 38.5 Å². The number of carbonyl (C=O) groups is 2. The molecule has 24 heavy (non-hydrogen) atoms. The number of hydrogen-bond donors (Lipinski definition) is 2. The van der Waals surface area contributed by atoms with E-state index in [1.807, 2.05) is 32.9 Å². The van der Waals surface area contributed by atoms with Gasteiger partial charge >= 0.3 is 0 Å². The maximum atomic E-state index is 12.6. The number of hydrogen-bond acceptors (Lipinski definition) is 2. The number of carbonyl (C=O) groups excluding carboxylic acids is 2. The molecule has 0 saturated heterocycles. The maximum Gasteiger partial charge on any atom is 0.251 e. The molecule has 1 aliphatic rings. The summed E-state index contributed by atoms with van der Waals surface area (Å²) in [5.41, 5.74) is 1.70. The molecule has 0 spiro atoms. The summed E-state index contributed by atoms with van der Waals surface area (Å²) < 4.78 is 0. The summed E-state index contributed by atoms with van der Waals surface area (Å²) in [5.74, 6) is 0.535. The van der Waals surface area contributed by atoms with Gasteiger partial charge < -0.3 is 10.6 Å². The molecule has 1 unspecified atom stereocenters. The van der Waals surface area contributed by atoms with Crippen LogP contribution in [0.2, 0.25) is 0 Å². The maximum absolute atomic E-state index is 12.6. The Bertz CT molecular complexity index is 558. The third-order valence-electron chi connectivity index (χ3n) is 4.91. The summed E-state index contributed by atoms with van der Waals surface area (Å²) in [7, 11) is 0. The van der Waals surface area contributed by atoms with Crippen LogP contribution in [-0.4, -0.2) is 23.9 Å². The summed E-state index contributed by atoms with van der Waals surface area (Å²) >= 11 is 0. The quantitative estimate of drug-likeness (QED) is 0.869. The van der Waals surface area contributed by atoms with E-state index in [0.717, 1.165) is 37.2 Å². The van der Waals surface area contributed by atoms with Crippen LogP contribution >= 0.6 is 0 Å². The van der Waals surface area contributed by atoms with Gasteiger partial charge in [-0.15, -0.1) is 0 Å². The molecule has 0 bridgehead atoms. The second-order valence-electron chi connectivity index (χ2n) is 7.53. The van der Waals surface area contributed by atoms with E-state index >= 15 is 0 Å². The number of benzene rings is 1. The van der Waals surface area contributed by atoms with Gasteiger partial charge in [0.25, 0.3) is 5.91 Å². The summed E-state index contributed by atoms with van der Waals surface area (Å²) in [6.07, 6.45) is 4.38. The molecule has 1 aromatic carbocycles. The Labute approximate surface area is 145 Å². The Morgan fingerprint density at radius 1 is 1.04 bits per heavy atom. The van der Waals surface area contributed by atoms with Crippen LogP contribution < -0.4 is 10.6 Å². The molecular weight excluding hydrogens is 300 g/mol. The fourth-order valence-electron chi connectivity index (χ4n) is 3.16. The molecule has 2 rings (SSSR count). The Morgan fingerprint density at radius 3 is 2.17 bits per heavy atom. The topological polar surface area (TPSA) is 58.2 Å². The van der Waals surface area contributed by atoms with Crippen molar-refractivity contribution in [2.24, 2.45) is 11.8 Å². The number of rotatable bonds is 5. The highest BCUT2D eigenvalue weighted by Gasteiger charge is 2.27.